The highest BCUT2D eigenvalue weighted by atomic mass is 16.5. The first-order chi connectivity index (χ1) is 12.9. The summed E-state index contributed by atoms with van der Waals surface area (Å²) in [5.41, 5.74) is 8.95. The Morgan fingerprint density at radius 2 is 1.70 bits per heavy atom. The second kappa shape index (κ2) is 8.68. The summed E-state index contributed by atoms with van der Waals surface area (Å²) in [4.78, 5) is 15.5. The third kappa shape index (κ3) is 5.65. The molecule has 0 bridgehead atoms. The van der Waals surface area contributed by atoms with E-state index in [4.69, 9.17) is 10.5 Å². The molecule has 1 fully saturated rings. The summed E-state index contributed by atoms with van der Waals surface area (Å²) in [7, 11) is 0. The van der Waals surface area contributed by atoms with Crippen molar-refractivity contribution in [3.63, 3.8) is 0 Å². The van der Waals surface area contributed by atoms with E-state index < -0.39 is 0 Å². The lowest BCUT2D eigenvalue weighted by molar-refractivity contribution is 0.0897. The Hall–Kier alpha value is -2.17. The van der Waals surface area contributed by atoms with Gasteiger partial charge in [0, 0.05) is 35.8 Å². The average molecular weight is 367 g/mol. The highest BCUT2D eigenvalue weighted by Gasteiger charge is 2.26. The van der Waals surface area contributed by atoms with Gasteiger partial charge in [-0.05, 0) is 56.5 Å². The molecule has 1 unspecified atom stereocenters. The van der Waals surface area contributed by atoms with Crippen LogP contribution in [0.2, 0.25) is 0 Å². The van der Waals surface area contributed by atoms with E-state index in [0.717, 1.165) is 37.6 Å². The lowest BCUT2D eigenvalue weighted by Gasteiger charge is -2.29. The van der Waals surface area contributed by atoms with Crippen molar-refractivity contribution in [2.75, 3.05) is 31.2 Å². The number of benzene rings is 2. The molecule has 0 spiro atoms. The summed E-state index contributed by atoms with van der Waals surface area (Å²) in [6, 6.07) is 18.2. The molecule has 1 saturated heterocycles. The molecule has 144 valence electrons. The Labute approximate surface area is 162 Å². The highest BCUT2D eigenvalue weighted by molar-refractivity contribution is 5.98. The fourth-order valence-electron chi connectivity index (χ4n) is 3.69. The number of ether oxygens (including phenoxy) is 1. The van der Waals surface area contributed by atoms with Crippen molar-refractivity contribution in [2.45, 2.75) is 32.2 Å². The molecule has 1 aliphatic heterocycles. The molecule has 0 aromatic heterocycles. The van der Waals surface area contributed by atoms with Gasteiger partial charge in [0.15, 0.2) is 5.78 Å². The smallest absolute Gasteiger partial charge is 0.166 e. The molecule has 0 radical (unpaired) electrons. The van der Waals surface area contributed by atoms with E-state index in [0.29, 0.717) is 12.8 Å². The van der Waals surface area contributed by atoms with Crippen LogP contribution < -0.4 is 10.6 Å². The van der Waals surface area contributed by atoms with Gasteiger partial charge in [0.25, 0.3) is 0 Å². The number of hydrogen-bond acceptors (Lipinski definition) is 4. The molecule has 4 heteroatoms. The van der Waals surface area contributed by atoms with Gasteiger partial charge in [-0.25, -0.2) is 0 Å². The van der Waals surface area contributed by atoms with Crippen LogP contribution in [0, 0.1) is 5.92 Å². The lowest BCUT2D eigenvalue weighted by Crippen LogP contribution is -2.37. The Morgan fingerprint density at radius 1 is 1.07 bits per heavy atom. The zero-order valence-electron chi connectivity index (χ0n) is 16.4. The SMILES string of the molecule is CC(C)(N)CC(Cc1ccccc1)C(=O)c1ccc(N2CCOCC2)cc1. The molecule has 27 heavy (non-hydrogen) atoms. The molecule has 0 saturated carbocycles. The number of hydrogen-bond donors (Lipinski definition) is 1. The molecular formula is C23H30N2O2. The van der Waals surface area contributed by atoms with Gasteiger partial charge in [0.2, 0.25) is 0 Å². The van der Waals surface area contributed by atoms with Gasteiger partial charge in [-0.3, -0.25) is 4.79 Å². The maximum atomic E-state index is 13.2. The molecule has 2 aromatic rings. The minimum absolute atomic E-state index is 0.123. The van der Waals surface area contributed by atoms with Crippen molar-refractivity contribution in [3.8, 4) is 0 Å². The van der Waals surface area contributed by atoms with Gasteiger partial charge in [-0.2, -0.15) is 0 Å². The number of anilines is 1. The van der Waals surface area contributed by atoms with Gasteiger partial charge >= 0.3 is 0 Å². The van der Waals surface area contributed by atoms with E-state index >= 15 is 0 Å². The summed E-state index contributed by atoms with van der Waals surface area (Å²) in [6.07, 6.45) is 1.37. The van der Waals surface area contributed by atoms with Crippen molar-refractivity contribution in [3.05, 3.63) is 65.7 Å². The average Bonchev–Trinajstić information content (AvgIpc) is 2.67. The van der Waals surface area contributed by atoms with Crippen LogP contribution >= 0.6 is 0 Å². The molecule has 3 rings (SSSR count). The highest BCUT2D eigenvalue weighted by Crippen LogP contribution is 2.25. The molecule has 2 N–H and O–H groups in total. The zero-order chi connectivity index (χ0) is 19.3. The molecule has 0 amide bonds. The summed E-state index contributed by atoms with van der Waals surface area (Å²) < 4.78 is 5.41. The normalized spacial score (nSPS) is 16.2. The fraction of sp³-hybridized carbons (Fsp3) is 0.435. The molecule has 4 nitrogen and oxygen atoms in total. The topological polar surface area (TPSA) is 55.6 Å². The van der Waals surface area contributed by atoms with Gasteiger partial charge in [0.05, 0.1) is 13.2 Å². The molecule has 0 aliphatic carbocycles. The first-order valence-corrected chi connectivity index (χ1v) is 9.72. The number of rotatable bonds is 7. The van der Waals surface area contributed by atoms with Gasteiger partial charge in [-0.1, -0.05) is 30.3 Å². The number of morpholine rings is 1. The summed E-state index contributed by atoms with van der Waals surface area (Å²) >= 11 is 0. The van der Waals surface area contributed by atoms with Crippen LogP contribution in [0.1, 0.15) is 36.2 Å². The maximum absolute atomic E-state index is 13.2. The summed E-state index contributed by atoms with van der Waals surface area (Å²) in [6.45, 7) is 7.27. The second-order valence-corrected chi connectivity index (χ2v) is 8.09. The van der Waals surface area contributed by atoms with E-state index in [9.17, 15) is 4.79 Å². The van der Waals surface area contributed by atoms with Gasteiger partial charge < -0.3 is 15.4 Å². The standard InChI is InChI=1S/C23H30N2O2/c1-23(2,24)17-20(16-18-6-4-3-5-7-18)22(26)19-8-10-21(11-9-19)25-12-14-27-15-13-25/h3-11,20H,12-17,24H2,1-2H3. The molecular weight excluding hydrogens is 336 g/mol. The number of nitrogens with zero attached hydrogens (tertiary/aromatic N) is 1. The Bertz CT molecular complexity index is 729. The molecule has 1 atom stereocenters. The predicted octanol–water partition coefficient (Wildman–Crippen LogP) is 3.69. The van der Waals surface area contributed by atoms with Crippen molar-refractivity contribution >= 4 is 11.5 Å². The van der Waals surface area contributed by atoms with E-state index in [2.05, 4.69) is 17.0 Å². The second-order valence-electron chi connectivity index (χ2n) is 8.09. The number of carbonyl (C=O) groups excluding carboxylic acids is 1. The van der Waals surface area contributed by atoms with Crippen LogP contribution in [0.5, 0.6) is 0 Å². The first kappa shape index (κ1) is 19.6. The zero-order valence-corrected chi connectivity index (χ0v) is 16.4. The monoisotopic (exact) mass is 366 g/mol. The van der Waals surface area contributed by atoms with Crippen LogP contribution in [0.25, 0.3) is 0 Å². The van der Waals surface area contributed by atoms with E-state index in [-0.39, 0.29) is 17.2 Å². The van der Waals surface area contributed by atoms with Crippen LogP contribution in [0.15, 0.2) is 54.6 Å². The first-order valence-electron chi connectivity index (χ1n) is 9.72. The number of nitrogens with two attached hydrogens (primary N) is 1. The van der Waals surface area contributed by atoms with E-state index in [1.165, 1.54) is 5.56 Å². The van der Waals surface area contributed by atoms with Crippen LogP contribution in [0.4, 0.5) is 5.69 Å². The summed E-state index contributed by atoms with van der Waals surface area (Å²) in [5.74, 6) is 0.0487. The van der Waals surface area contributed by atoms with Gasteiger partial charge in [0.1, 0.15) is 0 Å². The quantitative estimate of drug-likeness (QED) is 0.759. The Balaban J connectivity index is 1.76. The number of Topliss-reactive ketones (excluding diaryl/α,β-unsaturated/α-hetero) is 1. The third-order valence-electron chi connectivity index (χ3n) is 5.00. The Kier molecular flexibility index (Phi) is 6.30. The number of carbonyl (C=O) groups is 1. The van der Waals surface area contributed by atoms with Crippen LogP contribution in [0.3, 0.4) is 0 Å². The third-order valence-corrected chi connectivity index (χ3v) is 5.00. The molecule has 1 aliphatic rings. The minimum atomic E-state index is -0.386. The predicted molar refractivity (Wildman–Crippen MR) is 110 cm³/mol. The van der Waals surface area contributed by atoms with E-state index in [1.807, 2.05) is 56.3 Å². The van der Waals surface area contributed by atoms with Crippen molar-refractivity contribution in [1.82, 2.24) is 0 Å². The fourth-order valence-corrected chi connectivity index (χ4v) is 3.69. The maximum Gasteiger partial charge on any atom is 0.166 e. The number of ketones is 1. The molecule has 2 aromatic carbocycles. The minimum Gasteiger partial charge on any atom is -0.378 e. The summed E-state index contributed by atoms with van der Waals surface area (Å²) in [5, 5.41) is 0. The van der Waals surface area contributed by atoms with Crippen LogP contribution in [-0.4, -0.2) is 37.6 Å². The van der Waals surface area contributed by atoms with E-state index in [1.54, 1.807) is 0 Å². The van der Waals surface area contributed by atoms with Crippen molar-refractivity contribution in [1.29, 1.82) is 0 Å². The van der Waals surface area contributed by atoms with Crippen LogP contribution in [-0.2, 0) is 11.2 Å². The largest absolute Gasteiger partial charge is 0.378 e. The van der Waals surface area contributed by atoms with Crippen molar-refractivity contribution < 1.29 is 9.53 Å². The van der Waals surface area contributed by atoms with Gasteiger partial charge in [-0.15, -0.1) is 0 Å². The Morgan fingerprint density at radius 3 is 2.30 bits per heavy atom. The lowest BCUT2D eigenvalue weighted by atomic mass is 9.82. The molecule has 1 heterocycles. The van der Waals surface area contributed by atoms with Crippen molar-refractivity contribution in [2.24, 2.45) is 11.7 Å².